The second-order valence-corrected chi connectivity index (χ2v) is 13.2. The minimum Gasteiger partial charge on any atom is -0.488 e. The fourth-order valence-electron chi connectivity index (χ4n) is 5.30. The van der Waals surface area contributed by atoms with Crippen LogP contribution in [0, 0.1) is 0 Å². The summed E-state index contributed by atoms with van der Waals surface area (Å²) >= 11 is 0. The van der Waals surface area contributed by atoms with Crippen molar-refractivity contribution >= 4 is 20.8 Å². The monoisotopic (exact) mass is 555 g/mol. The van der Waals surface area contributed by atoms with E-state index in [4.69, 9.17) is 0 Å². The fraction of sp³-hybridized carbons (Fsp3) is 0.939. The van der Waals surface area contributed by atoms with Crippen molar-refractivity contribution in [3.05, 3.63) is 0 Å². The Morgan fingerprint density at radius 2 is 0.789 bits per heavy atom. The van der Waals surface area contributed by atoms with Crippen LogP contribution >= 0.6 is 9.24 Å². The topological polar surface area (TPSA) is 54.4 Å². The number of carbonyl (C=O) groups is 2. The van der Waals surface area contributed by atoms with Crippen molar-refractivity contribution < 1.29 is 19.2 Å². The Labute approximate surface area is 240 Å². The number of rotatable bonds is 28. The van der Waals surface area contributed by atoms with E-state index in [0.29, 0.717) is 4.48 Å². The maximum absolute atomic E-state index is 13.2. The maximum Gasteiger partial charge on any atom is 0.204 e. The van der Waals surface area contributed by atoms with Gasteiger partial charge < -0.3 is 18.8 Å². The molecule has 0 bridgehead atoms. The first kappa shape index (κ1) is 37.7. The van der Waals surface area contributed by atoms with Crippen molar-refractivity contribution in [2.75, 3.05) is 21.1 Å². The molecule has 226 valence electrons. The number of unbranched alkanes of at least 4 members (excludes halogenated alkanes) is 20. The number of carbonyl (C=O) groups excluding carboxylic acids is 2. The van der Waals surface area contributed by atoms with Crippen LogP contribution in [0.3, 0.4) is 0 Å². The van der Waals surface area contributed by atoms with Crippen molar-refractivity contribution in [2.24, 2.45) is 0 Å². The van der Waals surface area contributed by atoms with Gasteiger partial charge in [-0.1, -0.05) is 142 Å². The van der Waals surface area contributed by atoms with E-state index in [1.165, 1.54) is 103 Å². The van der Waals surface area contributed by atoms with Gasteiger partial charge in [0.05, 0.1) is 21.1 Å². The van der Waals surface area contributed by atoms with Gasteiger partial charge in [-0.25, -0.2) is 0 Å². The number of Topliss-reactive ketones (excluding diaryl/α,β-unsaturated/α-hetero) is 2. The van der Waals surface area contributed by atoms with Gasteiger partial charge in [0.15, 0.2) is 11.6 Å². The van der Waals surface area contributed by atoms with Crippen molar-refractivity contribution in [2.45, 2.75) is 179 Å². The number of quaternary nitrogens is 1. The number of nitrogens with zero attached hydrogens (tertiary/aromatic N) is 1. The molecule has 0 radical (unpaired) electrons. The normalized spacial score (nSPS) is 13.1. The summed E-state index contributed by atoms with van der Waals surface area (Å²) < 4.78 is 0.307. The van der Waals surface area contributed by atoms with Gasteiger partial charge in [-0.05, 0) is 12.8 Å². The van der Waals surface area contributed by atoms with Gasteiger partial charge in [0.1, 0.15) is 0 Å². The summed E-state index contributed by atoms with van der Waals surface area (Å²) in [6.07, 6.45) is 27.3. The van der Waals surface area contributed by atoms with Crippen LogP contribution < -0.4 is 0 Å². The molecule has 1 unspecified atom stereocenters. The van der Waals surface area contributed by atoms with Gasteiger partial charge in [0.25, 0.3) is 0 Å². The number of hydrogen-bond donors (Lipinski definition) is 1. The van der Waals surface area contributed by atoms with Gasteiger partial charge in [0, 0.05) is 18.6 Å². The molecule has 1 N–H and O–H groups in total. The zero-order valence-electron chi connectivity index (χ0n) is 26.3. The standard InChI is InChI=1S/C33H66NO3P/c1-6-8-10-12-14-16-18-20-22-24-26-28-30(35)33(37,32(38)34(3,4)5)31(36)29-27-25-23-21-19-17-15-13-11-9-7-2/h32,37-38H,6-29H2,1-5H3. The average Bonchev–Trinajstić information content (AvgIpc) is 2.88. The van der Waals surface area contributed by atoms with Crippen molar-refractivity contribution in [3.63, 3.8) is 0 Å². The molecule has 0 saturated heterocycles. The molecule has 1 atom stereocenters. The lowest BCUT2D eigenvalue weighted by atomic mass is 9.85. The summed E-state index contributed by atoms with van der Waals surface area (Å²) in [5, 5.41) is 11.5. The summed E-state index contributed by atoms with van der Waals surface area (Å²) in [6, 6.07) is 0. The predicted molar refractivity (Wildman–Crippen MR) is 167 cm³/mol. The van der Waals surface area contributed by atoms with Crippen LogP contribution in [0.15, 0.2) is 0 Å². The molecule has 0 heterocycles. The number of ketones is 2. The third-order valence-corrected chi connectivity index (χ3v) is 9.23. The second kappa shape index (κ2) is 23.4. The Kier molecular flexibility index (Phi) is 23.2. The van der Waals surface area contributed by atoms with Crippen molar-refractivity contribution in [1.82, 2.24) is 0 Å². The smallest absolute Gasteiger partial charge is 0.204 e. The highest BCUT2D eigenvalue weighted by Crippen LogP contribution is 2.30. The lowest BCUT2D eigenvalue weighted by Crippen LogP contribution is -2.63. The molecule has 0 saturated carbocycles. The molecular formula is C33H66NO3P. The van der Waals surface area contributed by atoms with E-state index >= 15 is 0 Å². The van der Waals surface area contributed by atoms with Crippen LogP contribution in [-0.2, 0) is 9.59 Å². The Morgan fingerprint density at radius 1 is 0.553 bits per heavy atom. The molecule has 0 aromatic carbocycles. The highest BCUT2D eigenvalue weighted by Gasteiger charge is 2.48. The molecule has 0 aliphatic rings. The third-order valence-electron chi connectivity index (χ3n) is 8.04. The number of aliphatic hydroxyl groups is 1. The minimum atomic E-state index is -1.95. The highest BCUT2D eigenvalue weighted by molar-refractivity contribution is 7.17. The average molecular weight is 556 g/mol. The summed E-state index contributed by atoms with van der Waals surface area (Å²) in [6.45, 7) is 4.50. The van der Waals surface area contributed by atoms with Crippen molar-refractivity contribution in [3.8, 4) is 0 Å². The van der Waals surface area contributed by atoms with E-state index in [9.17, 15) is 14.7 Å². The quantitative estimate of drug-likeness (QED) is 0.0453. The lowest BCUT2D eigenvalue weighted by Gasteiger charge is -2.46. The maximum atomic E-state index is 13.2. The first-order valence-electron chi connectivity index (χ1n) is 16.4. The molecular weight excluding hydrogens is 489 g/mol. The largest absolute Gasteiger partial charge is 0.488 e. The summed E-state index contributed by atoms with van der Waals surface area (Å²) in [4.78, 5) is 26.5. The Hall–Kier alpha value is -0.310. The SMILES string of the molecule is CCCCCCCCCCCCCC(=O)C(O)(C(=O)CCCCCCCCCCCCC)C([PH-])[N+](C)(C)C. The van der Waals surface area contributed by atoms with E-state index in [1.54, 1.807) is 0 Å². The molecule has 0 spiro atoms. The molecule has 38 heavy (non-hydrogen) atoms. The molecule has 5 heteroatoms. The van der Waals surface area contributed by atoms with Gasteiger partial charge in [-0.3, -0.25) is 9.59 Å². The lowest BCUT2D eigenvalue weighted by molar-refractivity contribution is -0.885. The van der Waals surface area contributed by atoms with E-state index in [-0.39, 0.29) is 24.4 Å². The first-order chi connectivity index (χ1) is 18.1. The van der Waals surface area contributed by atoms with Gasteiger partial charge in [0.2, 0.25) is 5.60 Å². The van der Waals surface area contributed by atoms with Crippen LogP contribution in [0.2, 0.25) is 0 Å². The van der Waals surface area contributed by atoms with Crippen LogP contribution in [0.4, 0.5) is 0 Å². The summed E-state index contributed by atoms with van der Waals surface area (Å²) in [5.74, 6) is -1.27. The van der Waals surface area contributed by atoms with E-state index in [0.717, 1.165) is 38.5 Å². The molecule has 4 nitrogen and oxygen atoms in total. The second-order valence-electron chi connectivity index (χ2n) is 12.7. The van der Waals surface area contributed by atoms with Crippen LogP contribution in [-0.4, -0.2) is 53.7 Å². The van der Waals surface area contributed by atoms with E-state index < -0.39 is 11.4 Å². The Balaban J connectivity index is 4.38. The molecule has 0 aliphatic heterocycles. The summed E-state index contributed by atoms with van der Waals surface area (Å²) in [5.41, 5.74) is -1.95. The number of hydrogen-bond acceptors (Lipinski definition) is 3. The Bertz CT molecular complexity index is 549. The minimum absolute atomic E-state index is 0.276. The Morgan fingerprint density at radius 3 is 1.03 bits per heavy atom. The molecule has 0 rings (SSSR count). The fourth-order valence-corrected chi connectivity index (χ4v) is 5.62. The zero-order chi connectivity index (χ0) is 28.7. The third kappa shape index (κ3) is 17.4. The van der Waals surface area contributed by atoms with Crippen LogP contribution in [0.25, 0.3) is 0 Å². The molecule has 0 aliphatic carbocycles. The van der Waals surface area contributed by atoms with Gasteiger partial charge in [-0.15, -0.1) is 0 Å². The molecule has 0 aromatic heterocycles. The van der Waals surface area contributed by atoms with E-state index in [2.05, 4.69) is 23.1 Å². The van der Waals surface area contributed by atoms with Crippen LogP contribution in [0.5, 0.6) is 0 Å². The number of likely N-dealkylation sites (N-methyl/N-ethyl adjacent to an activating group) is 1. The predicted octanol–water partition coefficient (Wildman–Crippen LogP) is 9.43. The van der Waals surface area contributed by atoms with Crippen molar-refractivity contribution in [1.29, 1.82) is 0 Å². The molecule has 0 fully saturated rings. The van der Waals surface area contributed by atoms with Gasteiger partial charge in [-0.2, -0.15) is 0 Å². The first-order valence-corrected chi connectivity index (χ1v) is 17.0. The van der Waals surface area contributed by atoms with Crippen LogP contribution in [0.1, 0.15) is 168 Å². The molecule has 0 aromatic rings. The summed E-state index contributed by atoms with van der Waals surface area (Å²) in [7, 11) is 9.34. The van der Waals surface area contributed by atoms with E-state index in [1.807, 2.05) is 21.1 Å². The van der Waals surface area contributed by atoms with Gasteiger partial charge >= 0.3 is 0 Å². The zero-order valence-corrected chi connectivity index (χ0v) is 27.3. The molecule has 0 amide bonds. The highest BCUT2D eigenvalue weighted by atomic mass is 31.0.